The highest BCUT2D eigenvalue weighted by Crippen LogP contribution is 2.29. The summed E-state index contributed by atoms with van der Waals surface area (Å²) in [5, 5.41) is 9.44. The van der Waals surface area contributed by atoms with Crippen LogP contribution in [0.25, 0.3) is 0 Å². The molecule has 2 aliphatic rings. The lowest BCUT2D eigenvalue weighted by Gasteiger charge is -2.29. The molecule has 1 aromatic heterocycles. The summed E-state index contributed by atoms with van der Waals surface area (Å²) in [6.07, 6.45) is 2.35. The number of hydrogen-bond acceptors (Lipinski definition) is 5. The Kier molecular flexibility index (Phi) is 4.87. The maximum atomic E-state index is 12.8. The number of anilines is 1. The minimum Gasteiger partial charge on any atom is -0.334 e. The summed E-state index contributed by atoms with van der Waals surface area (Å²) < 4.78 is 1.58. The zero-order valence-electron chi connectivity index (χ0n) is 16.0. The number of Topliss-reactive ketones (excluding diaryl/α,β-unsaturated/α-hetero) is 2. The van der Waals surface area contributed by atoms with Crippen molar-refractivity contribution in [1.29, 1.82) is 0 Å². The van der Waals surface area contributed by atoms with Crippen molar-refractivity contribution in [3.8, 4) is 0 Å². The molecule has 2 heterocycles. The van der Waals surface area contributed by atoms with Crippen molar-refractivity contribution in [1.82, 2.24) is 20.0 Å². The molecular weight excluding hydrogens is 374 g/mol. The van der Waals surface area contributed by atoms with Gasteiger partial charge in [0.25, 0.3) is 5.91 Å². The van der Waals surface area contributed by atoms with Gasteiger partial charge in [0, 0.05) is 44.4 Å². The van der Waals surface area contributed by atoms with Gasteiger partial charge >= 0.3 is 6.03 Å². The SMILES string of the molecule is Cn1ccc(NC(=O)NCc2ccc3c(c2)C(=O)N(C2CCC(=O)CC2=O)C3)n1. The first-order chi connectivity index (χ1) is 13.9. The van der Waals surface area contributed by atoms with E-state index < -0.39 is 12.1 Å². The smallest absolute Gasteiger partial charge is 0.320 e. The number of amides is 3. The van der Waals surface area contributed by atoms with Gasteiger partial charge in [0.1, 0.15) is 5.78 Å². The Morgan fingerprint density at radius 3 is 2.79 bits per heavy atom. The Bertz CT molecular complexity index is 1010. The molecule has 1 atom stereocenters. The number of nitrogens with zero attached hydrogens (tertiary/aromatic N) is 3. The van der Waals surface area contributed by atoms with Gasteiger partial charge in [-0.05, 0) is 23.6 Å². The van der Waals surface area contributed by atoms with Crippen LogP contribution in [0.2, 0.25) is 0 Å². The van der Waals surface area contributed by atoms with Crippen LogP contribution >= 0.6 is 0 Å². The highest BCUT2D eigenvalue weighted by atomic mass is 16.2. The predicted molar refractivity (Wildman–Crippen MR) is 103 cm³/mol. The summed E-state index contributed by atoms with van der Waals surface area (Å²) in [5.41, 5.74) is 2.17. The Labute approximate surface area is 167 Å². The quantitative estimate of drug-likeness (QED) is 0.760. The van der Waals surface area contributed by atoms with Crippen LogP contribution in [0.5, 0.6) is 0 Å². The van der Waals surface area contributed by atoms with Gasteiger partial charge in [-0.15, -0.1) is 0 Å². The normalized spacial score (nSPS) is 18.7. The number of aromatic nitrogens is 2. The fourth-order valence-corrected chi connectivity index (χ4v) is 3.75. The molecule has 29 heavy (non-hydrogen) atoms. The fourth-order valence-electron chi connectivity index (χ4n) is 3.75. The molecule has 1 aliphatic heterocycles. The van der Waals surface area contributed by atoms with Crippen LogP contribution in [-0.4, -0.2) is 44.2 Å². The van der Waals surface area contributed by atoms with E-state index in [1.807, 2.05) is 12.1 Å². The summed E-state index contributed by atoms with van der Waals surface area (Å²) in [5.74, 6) is -0.00358. The molecular formula is C20H21N5O4. The molecule has 0 spiro atoms. The average molecular weight is 395 g/mol. The Hall–Kier alpha value is -3.49. The van der Waals surface area contributed by atoms with Crippen LogP contribution in [0.3, 0.4) is 0 Å². The summed E-state index contributed by atoms with van der Waals surface area (Å²) in [6, 6.07) is 6.20. The molecule has 3 amide bonds. The van der Waals surface area contributed by atoms with Crippen LogP contribution in [0.4, 0.5) is 10.6 Å². The highest BCUT2D eigenvalue weighted by Gasteiger charge is 2.38. The highest BCUT2D eigenvalue weighted by molar-refractivity contribution is 6.07. The van der Waals surface area contributed by atoms with Gasteiger partial charge < -0.3 is 10.2 Å². The topological polar surface area (TPSA) is 113 Å². The third-order valence-corrected chi connectivity index (χ3v) is 5.23. The zero-order valence-corrected chi connectivity index (χ0v) is 16.0. The molecule has 0 bridgehead atoms. The summed E-state index contributed by atoms with van der Waals surface area (Å²) in [7, 11) is 1.76. The van der Waals surface area contributed by atoms with E-state index in [0.29, 0.717) is 30.8 Å². The number of benzene rings is 1. The van der Waals surface area contributed by atoms with Crippen LogP contribution in [0.15, 0.2) is 30.5 Å². The zero-order chi connectivity index (χ0) is 20.5. The van der Waals surface area contributed by atoms with Gasteiger partial charge in [0.2, 0.25) is 0 Å². The minimum atomic E-state index is -0.529. The molecule has 1 aromatic carbocycles. The first kappa shape index (κ1) is 18.9. The van der Waals surface area contributed by atoms with Gasteiger partial charge in [-0.25, -0.2) is 4.79 Å². The van der Waals surface area contributed by atoms with E-state index in [-0.39, 0.29) is 30.4 Å². The van der Waals surface area contributed by atoms with E-state index in [4.69, 9.17) is 0 Å². The largest absolute Gasteiger partial charge is 0.334 e. The van der Waals surface area contributed by atoms with E-state index >= 15 is 0 Å². The van der Waals surface area contributed by atoms with Crippen molar-refractivity contribution in [2.24, 2.45) is 7.05 Å². The minimum absolute atomic E-state index is 0.0623. The second-order valence-corrected chi connectivity index (χ2v) is 7.34. The Morgan fingerprint density at radius 2 is 2.07 bits per heavy atom. The molecule has 4 rings (SSSR count). The molecule has 2 aromatic rings. The van der Waals surface area contributed by atoms with E-state index in [2.05, 4.69) is 15.7 Å². The van der Waals surface area contributed by atoms with Gasteiger partial charge in [-0.1, -0.05) is 12.1 Å². The average Bonchev–Trinajstić information content (AvgIpc) is 3.23. The van der Waals surface area contributed by atoms with Crippen molar-refractivity contribution < 1.29 is 19.2 Å². The number of carbonyl (C=O) groups is 4. The number of nitrogens with one attached hydrogen (secondary N) is 2. The first-order valence-corrected chi connectivity index (χ1v) is 9.42. The number of ketones is 2. The Morgan fingerprint density at radius 1 is 1.24 bits per heavy atom. The van der Waals surface area contributed by atoms with E-state index in [1.165, 1.54) is 0 Å². The van der Waals surface area contributed by atoms with Gasteiger partial charge in [-0.3, -0.25) is 24.4 Å². The van der Waals surface area contributed by atoms with Gasteiger partial charge in [0.15, 0.2) is 11.6 Å². The second-order valence-electron chi connectivity index (χ2n) is 7.34. The molecule has 1 fully saturated rings. The third kappa shape index (κ3) is 3.89. The molecule has 0 radical (unpaired) electrons. The summed E-state index contributed by atoms with van der Waals surface area (Å²) in [6.45, 7) is 0.614. The van der Waals surface area contributed by atoms with Crippen LogP contribution < -0.4 is 10.6 Å². The molecule has 9 heteroatoms. The molecule has 2 N–H and O–H groups in total. The lowest BCUT2D eigenvalue weighted by Crippen LogP contribution is -2.44. The summed E-state index contributed by atoms with van der Waals surface area (Å²) >= 11 is 0. The Balaban J connectivity index is 1.39. The molecule has 1 saturated carbocycles. The van der Waals surface area contributed by atoms with Crippen LogP contribution in [0.1, 0.15) is 40.7 Å². The maximum absolute atomic E-state index is 12.8. The lowest BCUT2D eigenvalue weighted by molar-refractivity contribution is -0.133. The first-order valence-electron chi connectivity index (χ1n) is 9.42. The van der Waals surface area contributed by atoms with Crippen molar-refractivity contribution >= 4 is 29.3 Å². The number of carbonyl (C=O) groups excluding carboxylic acids is 4. The van der Waals surface area contributed by atoms with E-state index in [1.54, 1.807) is 35.0 Å². The van der Waals surface area contributed by atoms with Crippen LogP contribution in [-0.2, 0) is 29.7 Å². The van der Waals surface area contributed by atoms with Crippen LogP contribution in [0, 0.1) is 0 Å². The summed E-state index contributed by atoms with van der Waals surface area (Å²) in [4.78, 5) is 50.1. The van der Waals surface area contributed by atoms with Crippen molar-refractivity contribution in [3.63, 3.8) is 0 Å². The number of hydrogen-bond donors (Lipinski definition) is 2. The molecule has 1 aliphatic carbocycles. The number of rotatable bonds is 4. The monoisotopic (exact) mass is 395 g/mol. The number of fused-ring (bicyclic) bond motifs is 1. The van der Waals surface area contributed by atoms with Gasteiger partial charge in [0.05, 0.1) is 12.5 Å². The second kappa shape index (κ2) is 7.50. The molecule has 1 unspecified atom stereocenters. The molecule has 9 nitrogen and oxygen atoms in total. The third-order valence-electron chi connectivity index (χ3n) is 5.23. The standard InChI is InChI=1S/C20H21N5O4/c1-24-7-6-18(23-24)22-20(29)21-10-12-2-3-13-11-25(19(28)15(13)8-12)16-5-4-14(26)9-17(16)27/h2-3,6-8,16H,4-5,9-11H2,1H3,(H2,21,22,23,29). The molecule has 150 valence electrons. The van der Waals surface area contributed by atoms with Crippen molar-refractivity contribution in [3.05, 3.63) is 47.2 Å². The molecule has 0 saturated heterocycles. The van der Waals surface area contributed by atoms with E-state index in [9.17, 15) is 19.2 Å². The van der Waals surface area contributed by atoms with Crippen molar-refractivity contribution in [2.45, 2.75) is 38.4 Å². The van der Waals surface area contributed by atoms with E-state index in [0.717, 1.165) is 11.1 Å². The number of urea groups is 1. The maximum Gasteiger partial charge on any atom is 0.320 e. The number of aryl methyl sites for hydroxylation is 1. The predicted octanol–water partition coefficient (Wildman–Crippen LogP) is 1.39. The van der Waals surface area contributed by atoms with Crippen molar-refractivity contribution in [2.75, 3.05) is 5.32 Å². The fraction of sp³-hybridized carbons (Fsp3) is 0.350. The lowest BCUT2D eigenvalue weighted by atomic mass is 9.92. The van der Waals surface area contributed by atoms with Gasteiger partial charge in [-0.2, -0.15) is 5.10 Å².